The fraction of sp³-hybridized carbons (Fsp3) is 0.333. The lowest BCUT2D eigenvalue weighted by Gasteiger charge is -2.12. The van der Waals surface area contributed by atoms with Crippen LogP contribution in [-0.4, -0.2) is 50.3 Å². The number of nitrogens with zero attached hydrogens (tertiary/aromatic N) is 1. The first kappa shape index (κ1) is 20.4. The molecule has 7 heteroatoms. The van der Waals surface area contributed by atoms with Gasteiger partial charge in [0.05, 0.1) is 34.0 Å². The smallest absolute Gasteiger partial charge is 0.360 e. The SMILES string of the molecule is C=N/C(C(=O)OC)=C(O)\C(CO)=C(/C)COCc1ccc(OC)cc1. The second-order valence-corrected chi connectivity index (χ2v) is 5.10. The molecule has 0 unspecified atom stereocenters. The third-order valence-corrected chi connectivity index (χ3v) is 3.47. The highest BCUT2D eigenvalue weighted by atomic mass is 16.5. The van der Waals surface area contributed by atoms with Gasteiger partial charge in [0.2, 0.25) is 0 Å². The van der Waals surface area contributed by atoms with Gasteiger partial charge < -0.3 is 24.4 Å². The molecule has 0 saturated heterocycles. The summed E-state index contributed by atoms with van der Waals surface area (Å²) in [6, 6.07) is 7.40. The van der Waals surface area contributed by atoms with Gasteiger partial charge in [0.1, 0.15) is 5.75 Å². The number of aliphatic hydroxyl groups is 2. The summed E-state index contributed by atoms with van der Waals surface area (Å²) >= 11 is 0. The molecule has 0 aromatic heterocycles. The van der Waals surface area contributed by atoms with Gasteiger partial charge in [-0.05, 0) is 36.9 Å². The number of carbonyl (C=O) groups is 1. The summed E-state index contributed by atoms with van der Waals surface area (Å²) in [5.41, 5.74) is 1.28. The van der Waals surface area contributed by atoms with Crippen molar-refractivity contribution < 1.29 is 29.2 Å². The molecule has 0 heterocycles. The molecule has 0 aliphatic heterocycles. The predicted molar refractivity (Wildman–Crippen MR) is 93.7 cm³/mol. The van der Waals surface area contributed by atoms with Crippen LogP contribution in [0.5, 0.6) is 5.75 Å². The number of hydrogen-bond donors (Lipinski definition) is 2. The number of methoxy groups -OCH3 is 2. The van der Waals surface area contributed by atoms with Crippen molar-refractivity contribution in [2.45, 2.75) is 13.5 Å². The van der Waals surface area contributed by atoms with Crippen LogP contribution in [0.25, 0.3) is 0 Å². The van der Waals surface area contributed by atoms with Crippen LogP contribution >= 0.6 is 0 Å². The number of aliphatic hydroxyl groups excluding tert-OH is 2. The Balaban J connectivity index is 2.84. The molecule has 0 spiro atoms. The molecule has 0 aliphatic rings. The molecule has 1 rings (SSSR count). The van der Waals surface area contributed by atoms with E-state index in [-0.39, 0.29) is 17.9 Å². The quantitative estimate of drug-likeness (QED) is 0.233. The summed E-state index contributed by atoms with van der Waals surface area (Å²) in [7, 11) is 2.75. The van der Waals surface area contributed by atoms with Gasteiger partial charge in [-0.1, -0.05) is 12.1 Å². The van der Waals surface area contributed by atoms with Crippen LogP contribution < -0.4 is 4.74 Å². The van der Waals surface area contributed by atoms with E-state index in [0.717, 1.165) is 18.4 Å². The Morgan fingerprint density at radius 2 is 1.88 bits per heavy atom. The van der Waals surface area contributed by atoms with Crippen LogP contribution in [0.3, 0.4) is 0 Å². The molecule has 0 atom stereocenters. The Morgan fingerprint density at radius 1 is 1.24 bits per heavy atom. The van der Waals surface area contributed by atoms with Crippen molar-refractivity contribution >= 4 is 12.7 Å². The molecule has 0 bridgehead atoms. The average Bonchev–Trinajstić information content (AvgIpc) is 2.63. The Hall–Kier alpha value is -2.64. The van der Waals surface area contributed by atoms with Crippen LogP contribution in [0.2, 0.25) is 0 Å². The maximum atomic E-state index is 11.6. The first-order valence-electron chi connectivity index (χ1n) is 7.47. The van der Waals surface area contributed by atoms with E-state index in [1.54, 1.807) is 14.0 Å². The number of carbonyl (C=O) groups excluding carboxylic acids is 1. The molecule has 1 aromatic rings. The summed E-state index contributed by atoms with van der Waals surface area (Å²) < 4.78 is 15.2. The number of aliphatic imine (C=N–C) groups is 1. The lowest BCUT2D eigenvalue weighted by Crippen LogP contribution is -2.11. The van der Waals surface area contributed by atoms with Crippen molar-refractivity contribution in [3.05, 3.63) is 52.4 Å². The van der Waals surface area contributed by atoms with Crippen LogP contribution in [0, 0.1) is 0 Å². The third kappa shape index (κ3) is 5.74. The third-order valence-electron chi connectivity index (χ3n) is 3.47. The number of benzene rings is 1. The lowest BCUT2D eigenvalue weighted by molar-refractivity contribution is -0.136. The van der Waals surface area contributed by atoms with Crippen LogP contribution in [0.15, 0.2) is 51.9 Å². The highest BCUT2D eigenvalue weighted by molar-refractivity contribution is 5.90. The highest BCUT2D eigenvalue weighted by Crippen LogP contribution is 2.19. The van der Waals surface area contributed by atoms with Gasteiger partial charge in [-0.3, -0.25) is 4.99 Å². The summed E-state index contributed by atoms with van der Waals surface area (Å²) in [5.74, 6) is -0.565. The molecular formula is C18H23NO6. The van der Waals surface area contributed by atoms with E-state index >= 15 is 0 Å². The van der Waals surface area contributed by atoms with Crippen molar-refractivity contribution in [1.29, 1.82) is 0 Å². The molecule has 2 N–H and O–H groups in total. The van der Waals surface area contributed by atoms with Gasteiger partial charge in [0.15, 0.2) is 11.5 Å². The van der Waals surface area contributed by atoms with Crippen molar-refractivity contribution in [2.24, 2.45) is 4.99 Å². The molecule has 136 valence electrons. The Labute approximate surface area is 146 Å². The zero-order valence-electron chi connectivity index (χ0n) is 14.6. The van der Waals surface area contributed by atoms with Crippen molar-refractivity contribution in [2.75, 3.05) is 27.4 Å². The van der Waals surface area contributed by atoms with Crippen LogP contribution in [0.1, 0.15) is 12.5 Å². The van der Waals surface area contributed by atoms with Gasteiger partial charge in [-0.2, -0.15) is 0 Å². The number of rotatable bonds is 9. The summed E-state index contributed by atoms with van der Waals surface area (Å²) in [4.78, 5) is 15.0. The molecule has 0 radical (unpaired) electrons. The van der Waals surface area contributed by atoms with E-state index in [9.17, 15) is 15.0 Å². The molecule has 0 aliphatic carbocycles. The minimum atomic E-state index is -0.842. The van der Waals surface area contributed by atoms with Crippen LogP contribution in [-0.2, 0) is 20.9 Å². The second-order valence-electron chi connectivity index (χ2n) is 5.10. The Bertz CT molecular complexity index is 661. The minimum absolute atomic E-state index is 0.141. The summed E-state index contributed by atoms with van der Waals surface area (Å²) in [5, 5.41) is 19.7. The summed E-state index contributed by atoms with van der Waals surface area (Å²) in [6.45, 7) is 4.91. The van der Waals surface area contributed by atoms with Crippen molar-refractivity contribution in [3.8, 4) is 5.75 Å². The lowest BCUT2D eigenvalue weighted by atomic mass is 10.1. The van der Waals surface area contributed by atoms with Crippen molar-refractivity contribution in [1.82, 2.24) is 0 Å². The Kier molecular flexibility index (Phi) is 8.38. The molecule has 0 saturated carbocycles. The van der Waals surface area contributed by atoms with E-state index < -0.39 is 18.3 Å². The molecule has 7 nitrogen and oxygen atoms in total. The minimum Gasteiger partial charge on any atom is -0.505 e. The highest BCUT2D eigenvalue weighted by Gasteiger charge is 2.19. The van der Waals surface area contributed by atoms with E-state index in [1.807, 2.05) is 24.3 Å². The van der Waals surface area contributed by atoms with Crippen molar-refractivity contribution in [3.63, 3.8) is 0 Å². The average molecular weight is 349 g/mol. The molecule has 0 fully saturated rings. The van der Waals surface area contributed by atoms with Gasteiger partial charge >= 0.3 is 5.97 Å². The topological polar surface area (TPSA) is 97.6 Å². The Morgan fingerprint density at radius 3 is 2.36 bits per heavy atom. The van der Waals surface area contributed by atoms with Gasteiger partial charge in [-0.25, -0.2) is 4.79 Å². The normalized spacial score (nSPS) is 12.8. The fourth-order valence-electron chi connectivity index (χ4n) is 2.02. The molecule has 25 heavy (non-hydrogen) atoms. The monoisotopic (exact) mass is 349 g/mol. The summed E-state index contributed by atoms with van der Waals surface area (Å²) in [6.07, 6.45) is 0. The van der Waals surface area contributed by atoms with E-state index in [0.29, 0.717) is 12.2 Å². The van der Waals surface area contributed by atoms with Gasteiger partial charge in [-0.15, -0.1) is 0 Å². The molecule has 0 amide bonds. The van der Waals surface area contributed by atoms with Gasteiger partial charge in [0.25, 0.3) is 0 Å². The second kappa shape index (κ2) is 10.3. The molecule has 1 aromatic carbocycles. The van der Waals surface area contributed by atoms with E-state index in [4.69, 9.17) is 9.47 Å². The zero-order chi connectivity index (χ0) is 18.8. The first-order valence-corrected chi connectivity index (χ1v) is 7.47. The predicted octanol–water partition coefficient (Wildman–Crippen LogP) is 2.16. The largest absolute Gasteiger partial charge is 0.505 e. The molecular weight excluding hydrogens is 326 g/mol. The van der Waals surface area contributed by atoms with Gasteiger partial charge in [0, 0.05) is 5.57 Å². The number of hydrogen-bond acceptors (Lipinski definition) is 7. The number of ether oxygens (including phenoxy) is 3. The van der Waals surface area contributed by atoms with E-state index in [2.05, 4.69) is 16.4 Å². The maximum Gasteiger partial charge on any atom is 0.360 e. The fourth-order valence-corrected chi connectivity index (χ4v) is 2.02. The zero-order valence-corrected chi connectivity index (χ0v) is 14.6. The number of esters is 1. The maximum absolute atomic E-state index is 11.6. The first-order chi connectivity index (χ1) is 12.0. The van der Waals surface area contributed by atoms with E-state index in [1.165, 1.54) is 0 Å². The standard InChI is InChI=1S/C18H23NO6/c1-12(10-25-11-13-5-7-14(23-3)8-6-13)15(9-20)17(21)16(19-2)18(22)24-4/h5-8,20-21H,2,9-11H2,1,3-4H3/b15-12+,17-16+. The van der Waals surface area contributed by atoms with Crippen LogP contribution in [0.4, 0.5) is 0 Å².